The van der Waals surface area contributed by atoms with Crippen molar-refractivity contribution in [2.45, 2.75) is 134 Å². The van der Waals surface area contributed by atoms with Crippen LogP contribution in [-0.2, 0) is 60.8 Å². The number of unbranched alkanes of at least 4 members (excludes halogenated alkanes) is 1. The smallest absolute Gasteiger partial charge is 0.300 e. The van der Waals surface area contributed by atoms with Crippen molar-refractivity contribution in [1.82, 2.24) is 47.5 Å². The predicted molar refractivity (Wildman–Crippen MR) is 288 cm³/mol. The maximum atomic E-state index is 14.5. The number of aromatic nitrogens is 1. The summed E-state index contributed by atoms with van der Waals surface area (Å²) < 4.78 is 0. The van der Waals surface area contributed by atoms with Crippen LogP contribution in [0.25, 0.3) is 21.7 Å². The first-order valence-corrected chi connectivity index (χ1v) is 25.6. The summed E-state index contributed by atoms with van der Waals surface area (Å²) >= 11 is 0. The van der Waals surface area contributed by atoms with Gasteiger partial charge >= 0.3 is 0 Å². The average molecular weight is 1070 g/mol. The number of nitrogens with one attached hydrogen (secondary N) is 9. The first-order chi connectivity index (χ1) is 36.7. The van der Waals surface area contributed by atoms with E-state index >= 15 is 0 Å². The van der Waals surface area contributed by atoms with Gasteiger partial charge in [-0.15, -0.1) is 0 Å². The van der Waals surface area contributed by atoms with Gasteiger partial charge in [-0.1, -0.05) is 80.4 Å². The van der Waals surface area contributed by atoms with E-state index in [0.29, 0.717) is 24.0 Å². The molecule has 5 unspecified atom stereocenters. The molecule has 0 bridgehead atoms. The predicted octanol–water partition coefficient (Wildman–Crippen LogP) is 0.0515. The van der Waals surface area contributed by atoms with E-state index in [4.69, 9.17) is 27.1 Å². The standard InChI is InChI=1S/C51H69N13O9.C2H4O2/c1-3-4-15-38(59-30(2)65)47(70)64-42-28-44(67)55-22-10-9-17-37(45(52)68)61-50(73)41(27-34-29-58-36-16-8-7-14-35(34)36)63-48(71)39(18-11-23-57-51(53)54)62-49(72)40(60-43(66)21-24-56-46(42)69)26-31-19-20-32-12-5-6-13-33(32)25-31;1-2(3)4/h5-8,12-14,16,19-20,25,29,37-42,58H,3-4,9-11,15,17-18,21-24,26-28H2,1-2H3,(H2,52,68)(H,55,67)(H,56,69)(H,59,65)(H,60,66)(H,61,73)(H,62,72)(H,63,71)(H,64,70)(H4,53,54,57);1H3,(H,3,4)/t37?,38?,39?,40?,41-,42?;/m0./s1. The van der Waals surface area contributed by atoms with Crippen LogP contribution in [0.2, 0.25) is 0 Å². The monoisotopic (exact) mass is 1070 g/mol. The second-order valence-corrected chi connectivity index (χ2v) is 18.7. The molecule has 0 spiro atoms. The van der Waals surface area contributed by atoms with Crippen LogP contribution in [0.15, 0.2) is 77.9 Å². The molecule has 1 aromatic heterocycles. The number of amides is 9. The molecule has 3 aromatic carbocycles. The van der Waals surface area contributed by atoms with Crippen molar-refractivity contribution in [1.29, 1.82) is 0 Å². The number of carboxylic acids is 1. The zero-order valence-electron chi connectivity index (χ0n) is 43.7. The molecule has 24 heteroatoms. The summed E-state index contributed by atoms with van der Waals surface area (Å²) in [5.74, 6) is -7.30. The number of carboxylic acid groups (broad SMARTS) is 1. The number of carbonyl (C=O) groups is 10. The molecule has 1 saturated heterocycles. The molecular formula is C53H73N13O11. The number of aromatic amines is 1. The molecule has 1 aliphatic heterocycles. The molecule has 2 heterocycles. The highest BCUT2D eigenvalue weighted by Crippen LogP contribution is 2.21. The lowest BCUT2D eigenvalue weighted by Crippen LogP contribution is -2.59. The summed E-state index contributed by atoms with van der Waals surface area (Å²) in [7, 11) is 0. The van der Waals surface area contributed by atoms with Crippen LogP contribution in [0.5, 0.6) is 0 Å². The minimum Gasteiger partial charge on any atom is -0.481 e. The quantitative estimate of drug-likeness (QED) is 0.0426. The van der Waals surface area contributed by atoms with Gasteiger partial charge in [-0.2, -0.15) is 0 Å². The van der Waals surface area contributed by atoms with Gasteiger partial charge in [-0.25, -0.2) is 0 Å². The van der Waals surface area contributed by atoms with Gasteiger partial charge in [0.2, 0.25) is 53.2 Å². The van der Waals surface area contributed by atoms with Gasteiger partial charge < -0.3 is 69.8 Å². The molecule has 0 aliphatic carbocycles. The van der Waals surface area contributed by atoms with Crippen LogP contribution in [-0.4, -0.2) is 131 Å². The fourth-order valence-electron chi connectivity index (χ4n) is 8.47. The van der Waals surface area contributed by atoms with Crippen molar-refractivity contribution in [3.8, 4) is 0 Å². The van der Waals surface area contributed by atoms with Gasteiger partial charge in [0.1, 0.15) is 36.3 Å². The fraction of sp³-hybridized carbons (Fsp3) is 0.453. The molecule has 6 atom stereocenters. The zero-order chi connectivity index (χ0) is 56.4. The second-order valence-electron chi connectivity index (χ2n) is 18.7. The number of guanidine groups is 1. The summed E-state index contributed by atoms with van der Waals surface area (Å²) in [6, 6.07) is 13.0. The average Bonchev–Trinajstić information content (AvgIpc) is 3.78. The topological polar surface area (TPSA) is 393 Å². The van der Waals surface area contributed by atoms with Gasteiger partial charge in [0.15, 0.2) is 5.96 Å². The first-order valence-electron chi connectivity index (χ1n) is 25.6. The summed E-state index contributed by atoms with van der Waals surface area (Å²) in [4.78, 5) is 139. The summed E-state index contributed by atoms with van der Waals surface area (Å²) in [5.41, 5.74) is 19.1. The summed E-state index contributed by atoms with van der Waals surface area (Å²) in [6.45, 7) is 4.16. The van der Waals surface area contributed by atoms with Crippen molar-refractivity contribution in [3.05, 3.63) is 84.1 Å². The third-order valence-electron chi connectivity index (χ3n) is 12.3. The Bertz CT molecular complexity index is 2740. The third-order valence-corrected chi connectivity index (χ3v) is 12.3. The van der Waals surface area contributed by atoms with Crippen LogP contribution in [0.1, 0.15) is 96.1 Å². The van der Waals surface area contributed by atoms with Crippen molar-refractivity contribution in [2.75, 3.05) is 19.6 Å². The molecule has 77 heavy (non-hydrogen) atoms. The number of aliphatic imine (C=N–C) groups is 1. The van der Waals surface area contributed by atoms with Gasteiger partial charge in [0, 0.05) is 69.8 Å². The van der Waals surface area contributed by atoms with E-state index in [-0.39, 0.29) is 77.0 Å². The maximum absolute atomic E-state index is 14.5. The van der Waals surface area contributed by atoms with Gasteiger partial charge in [-0.05, 0) is 66.5 Å². The van der Waals surface area contributed by atoms with E-state index in [2.05, 4.69) is 52.5 Å². The molecule has 1 aliphatic rings. The van der Waals surface area contributed by atoms with Crippen molar-refractivity contribution < 1.29 is 53.1 Å². The lowest BCUT2D eigenvalue weighted by molar-refractivity contribution is -0.134. The second kappa shape index (κ2) is 31.3. The van der Waals surface area contributed by atoms with E-state index in [1.807, 2.05) is 73.7 Å². The summed E-state index contributed by atoms with van der Waals surface area (Å²) in [5, 5.41) is 31.6. The molecule has 0 radical (unpaired) electrons. The number of H-pyrrole nitrogens is 1. The van der Waals surface area contributed by atoms with E-state index in [9.17, 15) is 43.2 Å². The first kappa shape index (κ1) is 61.0. The molecule has 24 nitrogen and oxygen atoms in total. The van der Waals surface area contributed by atoms with Crippen LogP contribution < -0.4 is 59.7 Å². The molecule has 416 valence electrons. The number of carbonyl (C=O) groups excluding carboxylic acids is 9. The Morgan fingerprint density at radius 2 is 1.40 bits per heavy atom. The largest absolute Gasteiger partial charge is 0.481 e. The minimum absolute atomic E-state index is 0.0131. The Kier molecular flexibility index (Phi) is 24.8. The Morgan fingerprint density at radius 1 is 0.740 bits per heavy atom. The van der Waals surface area contributed by atoms with Crippen LogP contribution >= 0.6 is 0 Å². The number of fused-ring (bicyclic) bond motifs is 2. The highest BCUT2D eigenvalue weighted by Gasteiger charge is 2.33. The van der Waals surface area contributed by atoms with E-state index in [1.54, 1.807) is 6.20 Å². The number of rotatable bonds is 15. The minimum atomic E-state index is -1.42. The van der Waals surface area contributed by atoms with Gasteiger partial charge in [0.05, 0.1) is 6.42 Å². The van der Waals surface area contributed by atoms with E-state index in [0.717, 1.165) is 35.0 Å². The molecule has 16 N–H and O–H groups in total. The van der Waals surface area contributed by atoms with Crippen molar-refractivity contribution in [2.24, 2.45) is 22.2 Å². The lowest BCUT2D eigenvalue weighted by Gasteiger charge is -2.26. The normalized spacial score (nSPS) is 19.9. The number of para-hydroxylation sites is 1. The number of nitrogens with zero attached hydrogens (tertiary/aromatic N) is 1. The third kappa shape index (κ3) is 21.3. The Hall–Kier alpha value is -8.57. The molecular weight excluding hydrogens is 995 g/mol. The van der Waals surface area contributed by atoms with Gasteiger partial charge in [-0.3, -0.25) is 52.9 Å². The molecule has 1 fully saturated rings. The molecule has 4 aromatic rings. The van der Waals surface area contributed by atoms with Crippen LogP contribution in [0.4, 0.5) is 0 Å². The SMILES string of the molecule is CC(=O)O.CCCCC(NC(C)=O)C(=O)NC1CC(=O)NCCCCC(C(N)=O)NC(=O)[C@H](Cc2c[nH]c3ccccc23)NC(=O)C(CCCN=C(N)N)NC(=O)C(Cc2ccc3ccccc3c2)NC(=O)CCNC1=O. The summed E-state index contributed by atoms with van der Waals surface area (Å²) in [6.07, 6.45) is 3.21. The highest BCUT2D eigenvalue weighted by molar-refractivity contribution is 5.97. The molecule has 0 saturated carbocycles. The molecule has 9 amide bonds. The number of primary amides is 1. The van der Waals surface area contributed by atoms with E-state index in [1.165, 1.54) is 6.92 Å². The molecule has 5 rings (SSSR count). The number of hydrogen-bond acceptors (Lipinski definition) is 11. The fourth-order valence-corrected chi connectivity index (χ4v) is 8.47. The Labute approximate surface area is 446 Å². The lowest BCUT2D eigenvalue weighted by atomic mass is 10.00. The van der Waals surface area contributed by atoms with Crippen molar-refractivity contribution >= 4 is 86.8 Å². The maximum Gasteiger partial charge on any atom is 0.300 e. The number of benzene rings is 3. The zero-order valence-corrected chi connectivity index (χ0v) is 43.7. The number of hydrogen-bond donors (Lipinski definition) is 13. The highest BCUT2D eigenvalue weighted by atomic mass is 16.4. The van der Waals surface area contributed by atoms with E-state index < -0.39 is 102 Å². The van der Waals surface area contributed by atoms with Crippen LogP contribution in [0.3, 0.4) is 0 Å². The number of aliphatic carboxylic acids is 1. The Balaban J connectivity index is 0.00000309. The van der Waals surface area contributed by atoms with Crippen molar-refractivity contribution in [3.63, 3.8) is 0 Å². The Morgan fingerprint density at radius 3 is 2.10 bits per heavy atom. The van der Waals surface area contributed by atoms with Gasteiger partial charge in [0.25, 0.3) is 5.97 Å². The number of nitrogens with two attached hydrogens (primary N) is 3. The van der Waals surface area contributed by atoms with Crippen LogP contribution in [0, 0.1) is 0 Å².